The highest BCUT2D eigenvalue weighted by atomic mass is 32.2. The first-order valence-electron chi connectivity index (χ1n) is 8.97. The lowest BCUT2D eigenvalue weighted by molar-refractivity contribution is -0.113. The second-order valence-corrected chi connectivity index (χ2v) is 7.68. The highest BCUT2D eigenvalue weighted by Gasteiger charge is 2.11. The fourth-order valence-corrected chi connectivity index (χ4v) is 3.67. The van der Waals surface area contributed by atoms with Crippen LogP contribution in [0.15, 0.2) is 59.6 Å². The van der Waals surface area contributed by atoms with Crippen molar-refractivity contribution in [1.82, 2.24) is 19.8 Å². The number of hydrogen-bond acceptors (Lipinski definition) is 5. The van der Waals surface area contributed by atoms with E-state index in [1.165, 1.54) is 23.9 Å². The van der Waals surface area contributed by atoms with E-state index in [0.717, 1.165) is 16.8 Å². The Morgan fingerprint density at radius 1 is 1.03 bits per heavy atom. The molecule has 0 spiro atoms. The molecule has 2 heterocycles. The molecule has 0 atom stereocenters. The highest BCUT2D eigenvalue weighted by molar-refractivity contribution is 7.99. The van der Waals surface area contributed by atoms with Crippen LogP contribution in [0.1, 0.15) is 11.1 Å². The second-order valence-electron chi connectivity index (χ2n) is 6.69. The summed E-state index contributed by atoms with van der Waals surface area (Å²) in [5.74, 6) is 0.313. The number of anilines is 1. The first-order valence-corrected chi connectivity index (χ1v) is 9.96. The molecule has 0 unspecified atom stereocenters. The van der Waals surface area contributed by atoms with Crippen molar-refractivity contribution in [1.29, 1.82) is 0 Å². The molecule has 0 aliphatic heterocycles. The van der Waals surface area contributed by atoms with E-state index in [4.69, 9.17) is 0 Å². The molecular weight excluding hydrogens is 389 g/mol. The fraction of sp³-hybridized carbons (Fsp3) is 0.143. The van der Waals surface area contributed by atoms with E-state index in [9.17, 15) is 9.18 Å². The van der Waals surface area contributed by atoms with Crippen LogP contribution in [-0.4, -0.2) is 31.5 Å². The van der Waals surface area contributed by atoms with Crippen LogP contribution in [-0.2, 0) is 4.79 Å². The molecule has 0 saturated carbocycles. The zero-order valence-electron chi connectivity index (χ0n) is 15.9. The van der Waals surface area contributed by atoms with Gasteiger partial charge in [0, 0.05) is 11.3 Å². The maximum Gasteiger partial charge on any atom is 0.234 e. The van der Waals surface area contributed by atoms with E-state index >= 15 is 0 Å². The molecule has 0 saturated heterocycles. The Balaban J connectivity index is 1.49. The van der Waals surface area contributed by atoms with Gasteiger partial charge in [-0.05, 0) is 73.5 Å². The van der Waals surface area contributed by atoms with Crippen LogP contribution < -0.4 is 5.32 Å². The predicted octanol–water partition coefficient (Wildman–Crippen LogP) is 4.28. The number of fused-ring (bicyclic) bond motifs is 1. The molecule has 146 valence electrons. The molecule has 4 aromatic rings. The summed E-state index contributed by atoms with van der Waals surface area (Å²) in [5.41, 5.74) is 4.27. The quantitative estimate of drug-likeness (QED) is 0.500. The molecular formula is C21H18FN5OS. The maximum atomic E-state index is 13.2. The Kier molecular flexibility index (Phi) is 5.26. The van der Waals surface area contributed by atoms with Gasteiger partial charge in [0.25, 0.3) is 0 Å². The summed E-state index contributed by atoms with van der Waals surface area (Å²) in [4.78, 5) is 12.3. The zero-order chi connectivity index (χ0) is 20.4. The van der Waals surface area contributed by atoms with Gasteiger partial charge in [0.15, 0.2) is 11.5 Å². The topological polar surface area (TPSA) is 72.2 Å². The molecule has 8 heteroatoms. The van der Waals surface area contributed by atoms with Gasteiger partial charge in [0.05, 0.1) is 5.75 Å². The molecule has 0 aliphatic rings. The van der Waals surface area contributed by atoms with Crippen LogP contribution in [0.3, 0.4) is 0 Å². The number of thioether (sulfide) groups is 1. The van der Waals surface area contributed by atoms with E-state index in [0.29, 0.717) is 22.1 Å². The first kappa shape index (κ1) is 19.1. The van der Waals surface area contributed by atoms with Crippen LogP contribution >= 0.6 is 11.8 Å². The van der Waals surface area contributed by atoms with E-state index in [1.54, 1.807) is 28.8 Å². The number of carbonyl (C=O) groups excluding carboxylic acids is 1. The fourth-order valence-electron chi connectivity index (χ4n) is 3.01. The summed E-state index contributed by atoms with van der Waals surface area (Å²) in [6.45, 7) is 3.99. The number of nitrogens with one attached hydrogen (secondary N) is 1. The van der Waals surface area contributed by atoms with Crippen LogP contribution in [0.4, 0.5) is 10.1 Å². The smallest absolute Gasteiger partial charge is 0.234 e. The van der Waals surface area contributed by atoms with E-state index < -0.39 is 0 Å². The number of benzene rings is 2. The number of rotatable bonds is 5. The summed E-state index contributed by atoms with van der Waals surface area (Å²) >= 11 is 1.32. The van der Waals surface area contributed by atoms with Gasteiger partial charge in [-0.15, -0.1) is 10.2 Å². The minimum atomic E-state index is -0.318. The number of halogens is 1. The normalized spacial score (nSPS) is 11.0. The minimum Gasteiger partial charge on any atom is -0.325 e. The Morgan fingerprint density at radius 2 is 1.76 bits per heavy atom. The summed E-state index contributed by atoms with van der Waals surface area (Å²) in [7, 11) is 0. The summed E-state index contributed by atoms with van der Waals surface area (Å²) in [5, 5.41) is 16.3. The van der Waals surface area contributed by atoms with Gasteiger partial charge in [-0.2, -0.15) is 9.61 Å². The molecule has 4 rings (SSSR count). The van der Waals surface area contributed by atoms with Crippen molar-refractivity contribution >= 4 is 29.0 Å². The zero-order valence-corrected chi connectivity index (χ0v) is 16.7. The molecule has 1 amide bonds. The molecule has 29 heavy (non-hydrogen) atoms. The van der Waals surface area contributed by atoms with Crippen molar-refractivity contribution in [3.63, 3.8) is 0 Å². The summed E-state index contributed by atoms with van der Waals surface area (Å²) in [6.07, 6.45) is 0. The Morgan fingerprint density at radius 3 is 2.48 bits per heavy atom. The average molecular weight is 407 g/mol. The number of hydrogen-bond donors (Lipinski definition) is 1. The Hall–Kier alpha value is -3.26. The number of aromatic nitrogens is 4. The predicted molar refractivity (Wildman–Crippen MR) is 111 cm³/mol. The molecule has 0 bridgehead atoms. The molecule has 2 aromatic heterocycles. The largest absolute Gasteiger partial charge is 0.325 e. The maximum absolute atomic E-state index is 13.2. The van der Waals surface area contributed by atoms with Gasteiger partial charge < -0.3 is 5.32 Å². The van der Waals surface area contributed by atoms with Gasteiger partial charge in [-0.25, -0.2) is 4.39 Å². The van der Waals surface area contributed by atoms with Gasteiger partial charge in [0.2, 0.25) is 5.91 Å². The van der Waals surface area contributed by atoms with Crippen LogP contribution in [0.25, 0.3) is 17.0 Å². The van der Waals surface area contributed by atoms with Gasteiger partial charge in [0.1, 0.15) is 10.8 Å². The molecule has 0 radical (unpaired) electrons. The van der Waals surface area contributed by atoms with Gasteiger partial charge >= 0.3 is 0 Å². The minimum absolute atomic E-state index is 0.107. The van der Waals surface area contributed by atoms with Gasteiger partial charge in [-0.1, -0.05) is 17.8 Å². The summed E-state index contributed by atoms with van der Waals surface area (Å²) in [6, 6.07) is 15.5. The Bertz CT molecular complexity index is 1170. The third kappa shape index (κ3) is 4.43. The first-order chi connectivity index (χ1) is 14.0. The monoisotopic (exact) mass is 407 g/mol. The van der Waals surface area contributed by atoms with Crippen molar-refractivity contribution < 1.29 is 9.18 Å². The number of nitrogens with zero attached hydrogens (tertiary/aromatic N) is 4. The Labute approximate surface area is 171 Å². The molecule has 6 nitrogen and oxygen atoms in total. The highest BCUT2D eigenvalue weighted by Crippen LogP contribution is 2.21. The molecule has 0 aliphatic carbocycles. The van der Waals surface area contributed by atoms with Crippen molar-refractivity contribution in [3.8, 4) is 11.4 Å². The van der Waals surface area contributed by atoms with Crippen LogP contribution in [0, 0.1) is 19.7 Å². The van der Waals surface area contributed by atoms with Crippen molar-refractivity contribution in [3.05, 3.63) is 71.5 Å². The van der Waals surface area contributed by atoms with E-state index in [2.05, 4.69) is 26.7 Å². The van der Waals surface area contributed by atoms with Crippen molar-refractivity contribution in [2.75, 3.05) is 11.1 Å². The molecule has 0 fully saturated rings. The lowest BCUT2D eigenvalue weighted by Gasteiger charge is -2.07. The lowest BCUT2D eigenvalue weighted by Crippen LogP contribution is -2.14. The standard InChI is InChI=1S/C21H18FN5OS/c1-13-9-14(2)11-17(10-13)23-19(28)12-29-20-8-7-18-24-25-21(27(18)26-20)15-3-5-16(22)6-4-15/h3-11H,12H2,1-2H3,(H,23,28). The molecule has 2 aromatic carbocycles. The third-order valence-electron chi connectivity index (χ3n) is 4.20. The molecule has 1 N–H and O–H groups in total. The third-order valence-corrected chi connectivity index (χ3v) is 5.12. The second kappa shape index (κ2) is 8.00. The van der Waals surface area contributed by atoms with E-state index in [-0.39, 0.29) is 17.5 Å². The number of carbonyl (C=O) groups is 1. The van der Waals surface area contributed by atoms with Crippen molar-refractivity contribution in [2.45, 2.75) is 18.9 Å². The van der Waals surface area contributed by atoms with Crippen LogP contribution in [0.2, 0.25) is 0 Å². The SMILES string of the molecule is Cc1cc(C)cc(NC(=O)CSc2ccc3nnc(-c4ccc(F)cc4)n3n2)c1. The number of amides is 1. The number of aryl methyl sites for hydroxylation is 2. The van der Waals surface area contributed by atoms with Crippen molar-refractivity contribution in [2.24, 2.45) is 0 Å². The average Bonchev–Trinajstić information content (AvgIpc) is 3.09. The van der Waals surface area contributed by atoms with Crippen LogP contribution in [0.5, 0.6) is 0 Å². The lowest BCUT2D eigenvalue weighted by atomic mass is 10.1. The van der Waals surface area contributed by atoms with Gasteiger partial charge in [-0.3, -0.25) is 4.79 Å². The summed E-state index contributed by atoms with van der Waals surface area (Å²) < 4.78 is 14.8. The van der Waals surface area contributed by atoms with E-state index in [1.807, 2.05) is 26.0 Å².